The van der Waals surface area contributed by atoms with Gasteiger partial charge in [-0.05, 0) is 42.8 Å². The van der Waals surface area contributed by atoms with Gasteiger partial charge in [0.2, 0.25) is 0 Å². The Morgan fingerprint density at radius 1 is 1.03 bits per heavy atom. The summed E-state index contributed by atoms with van der Waals surface area (Å²) in [6, 6.07) is 15.5. The summed E-state index contributed by atoms with van der Waals surface area (Å²) in [6.45, 7) is 4.96. The summed E-state index contributed by atoms with van der Waals surface area (Å²) < 4.78 is 26.5. The second-order valence-corrected chi connectivity index (χ2v) is 8.68. The number of aromatic hydroxyl groups is 1. The number of para-hydroxylation sites is 1. The lowest BCUT2D eigenvalue weighted by Gasteiger charge is -2.40. The van der Waals surface area contributed by atoms with E-state index in [4.69, 9.17) is 9.47 Å². The van der Waals surface area contributed by atoms with Crippen molar-refractivity contribution in [2.24, 2.45) is 0 Å². The summed E-state index contributed by atoms with van der Waals surface area (Å²) in [5.74, 6) is 0.436. The van der Waals surface area contributed by atoms with Crippen LogP contribution in [0, 0.1) is 12.7 Å². The molecular weight excluding hydrogens is 449 g/mol. The highest BCUT2D eigenvalue weighted by atomic mass is 19.1. The van der Waals surface area contributed by atoms with Gasteiger partial charge in [0.15, 0.2) is 0 Å². The van der Waals surface area contributed by atoms with Crippen molar-refractivity contribution in [3.63, 3.8) is 0 Å². The standard InChI is InChI=1S/C27H32FN3O4/c1-19-18-24(32)25(27(33)31(19)16-17-34-2)26(20-8-10-21(35-3)11-9-20)30-14-12-29(13-15-30)23-7-5-4-6-22(23)28/h4-11,18,26,32H,12-17H2,1-3H3/t26-/m1/s1. The molecule has 1 aliphatic rings. The molecule has 1 saturated heterocycles. The molecular formula is C27H32FN3O4. The molecule has 8 heteroatoms. The van der Waals surface area contributed by atoms with Gasteiger partial charge in [0, 0.05) is 45.5 Å². The SMILES string of the molecule is COCCn1c(C)cc(O)c([C@@H](c2ccc(OC)cc2)N2CCN(c3ccccc3F)CC2)c1=O. The molecule has 1 atom stereocenters. The number of aryl methyl sites for hydroxylation is 1. The fourth-order valence-corrected chi connectivity index (χ4v) is 4.76. The minimum absolute atomic E-state index is 0.0291. The maximum Gasteiger partial charge on any atom is 0.259 e. The van der Waals surface area contributed by atoms with Gasteiger partial charge in [0.05, 0.1) is 31.0 Å². The Labute approximate surface area is 204 Å². The van der Waals surface area contributed by atoms with E-state index in [9.17, 15) is 14.3 Å². The first kappa shape index (κ1) is 24.8. The molecule has 2 heterocycles. The second kappa shape index (κ2) is 10.9. The molecule has 3 aromatic rings. The van der Waals surface area contributed by atoms with Crippen LogP contribution >= 0.6 is 0 Å². The van der Waals surface area contributed by atoms with Crippen LogP contribution in [-0.2, 0) is 11.3 Å². The van der Waals surface area contributed by atoms with Gasteiger partial charge in [0.25, 0.3) is 5.56 Å². The van der Waals surface area contributed by atoms with Crippen molar-refractivity contribution in [3.05, 3.63) is 87.6 Å². The van der Waals surface area contributed by atoms with E-state index in [0.29, 0.717) is 62.0 Å². The molecule has 0 spiro atoms. The number of anilines is 1. The van der Waals surface area contributed by atoms with E-state index in [0.717, 1.165) is 5.56 Å². The first-order valence-corrected chi connectivity index (χ1v) is 11.7. The summed E-state index contributed by atoms with van der Waals surface area (Å²) in [4.78, 5) is 17.9. The lowest BCUT2D eigenvalue weighted by atomic mass is 9.95. The fourth-order valence-electron chi connectivity index (χ4n) is 4.76. The Hall–Kier alpha value is -3.36. The second-order valence-electron chi connectivity index (χ2n) is 8.68. The van der Waals surface area contributed by atoms with Crippen LogP contribution in [0.2, 0.25) is 0 Å². The fraction of sp³-hybridized carbons (Fsp3) is 0.370. The van der Waals surface area contributed by atoms with Gasteiger partial charge in [-0.2, -0.15) is 0 Å². The topological polar surface area (TPSA) is 67.2 Å². The zero-order valence-corrected chi connectivity index (χ0v) is 20.4. The number of benzene rings is 2. The van der Waals surface area contributed by atoms with E-state index >= 15 is 0 Å². The number of piperazine rings is 1. The number of halogens is 1. The summed E-state index contributed by atoms with van der Waals surface area (Å²) in [6.07, 6.45) is 0. The highest BCUT2D eigenvalue weighted by Gasteiger charge is 2.32. The average Bonchev–Trinajstić information content (AvgIpc) is 2.87. The van der Waals surface area contributed by atoms with Crippen LogP contribution in [0.5, 0.6) is 11.5 Å². The Balaban J connectivity index is 1.72. The number of pyridine rings is 1. The predicted octanol–water partition coefficient (Wildman–Crippen LogP) is 3.57. The van der Waals surface area contributed by atoms with Crippen LogP contribution in [0.3, 0.4) is 0 Å². The minimum Gasteiger partial charge on any atom is -0.507 e. The third-order valence-corrected chi connectivity index (χ3v) is 6.62. The third-order valence-electron chi connectivity index (χ3n) is 6.62. The molecule has 1 aliphatic heterocycles. The monoisotopic (exact) mass is 481 g/mol. The Morgan fingerprint density at radius 3 is 2.34 bits per heavy atom. The van der Waals surface area contributed by atoms with Crippen LogP contribution in [0.4, 0.5) is 10.1 Å². The predicted molar refractivity (Wildman–Crippen MR) is 134 cm³/mol. The van der Waals surface area contributed by atoms with Gasteiger partial charge in [-0.3, -0.25) is 9.69 Å². The Morgan fingerprint density at radius 2 is 1.71 bits per heavy atom. The number of rotatable bonds is 8. The lowest BCUT2D eigenvalue weighted by molar-refractivity contribution is 0.183. The molecule has 1 fully saturated rings. The quantitative estimate of drug-likeness (QED) is 0.531. The highest BCUT2D eigenvalue weighted by molar-refractivity contribution is 5.48. The normalized spacial score (nSPS) is 15.3. The summed E-state index contributed by atoms with van der Waals surface area (Å²) in [5.41, 5.74) is 2.22. The van der Waals surface area contributed by atoms with Gasteiger partial charge >= 0.3 is 0 Å². The number of ether oxygens (including phenoxy) is 2. The summed E-state index contributed by atoms with van der Waals surface area (Å²) in [5, 5.41) is 11.0. The van der Waals surface area contributed by atoms with Gasteiger partial charge in [0.1, 0.15) is 17.3 Å². The summed E-state index contributed by atoms with van der Waals surface area (Å²) in [7, 11) is 3.20. The lowest BCUT2D eigenvalue weighted by Crippen LogP contribution is -2.49. The van der Waals surface area contributed by atoms with Crippen molar-refractivity contribution in [3.8, 4) is 11.5 Å². The first-order chi connectivity index (χ1) is 16.9. The molecule has 186 valence electrons. The minimum atomic E-state index is -0.467. The first-order valence-electron chi connectivity index (χ1n) is 11.7. The van der Waals surface area contributed by atoms with Crippen LogP contribution in [0.25, 0.3) is 0 Å². The largest absolute Gasteiger partial charge is 0.507 e. The molecule has 7 nitrogen and oxygen atoms in total. The van der Waals surface area contributed by atoms with E-state index in [1.165, 1.54) is 6.07 Å². The number of aromatic nitrogens is 1. The van der Waals surface area contributed by atoms with Crippen molar-refractivity contribution in [1.29, 1.82) is 0 Å². The Bertz CT molecular complexity index is 1200. The number of methoxy groups -OCH3 is 2. The van der Waals surface area contributed by atoms with E-state index in [1.54, 1.807) is 43.9 Å². The van der Waals surface area contributed by atoms with E-state index < -0.39 is 6.04 Å². The van der Waals surface area contributed by atoms with Crippen molar-refractivity contribution in [1.82, 2.24) is 9.47 Å². The van der Waals surface area contributed by atoms with Gasteiger partial charge < -0.3 is 24.0 Å². The molecule has 0 saturated carbocycles. The smallest absolute Gasteiger partial charge is 0.259 e. The van der Waals surface area contributed by atoms with Crippen LogP contribution in [0.1, 0.15) is 22.9 Å². The third kappa shape index (κ3) is 5.18. The molecule has 0 amide bonds. The number of nitrogens with zero attached hydrogens (tertiary/aromatic N) is 3. The average molecular weight is 482 g/mol. The van der Waals surface area contributed by atoms with Crippen molar-refractivity contribution >= 4 is 5.69 Å². The van der Waals surface area contributed by atoms with Crippen LogP contribution in [0.15, 0.2) is 59.4 Å². The van der Waals surface area contributed by atoms with Crippen molar-refractivity contribution < 1.29 is 19.0 Å². The molecule has 0 aliphatic carbocycles. The van der Waals surface area contributed by atoms with Gasteiger partial charge in [-0.15, -0.1) is 0 Å². The zero-order chi connectivity index (χ0) is 24.9. The molecule has 1 N–H and O–H groups in total. The number of hydrogen-bond acceptors (Lipinski definition) is 6. The van der Waals surface area contributed by atoms with E-state index in [1.807, 2.05) is 35.2 Å². The molecule has 2 aromatic carbocycles. The number of hydrogen-bond donors (Lipinski definition) is 1. The molecule has 1 aromatic heterocycles. The molecule has 0 bridgehead atoms. The maximum atomic E-state index is 14.4. The molecule has 0 radical (unpaired) electrons. The highest BCUT2D eigenvalue weighted by Crippen LogP contribution is 2.34. The van der Waals surface area contributed by atoms with Gasteiger partial charge in [-0.1, -0.05) is 24.3 Å². The van der Waals surface area contributed by atoms with Crippen LogP contribution < -0.4 is 15.2 Å². The zero-order valence-electron chi connectivity index (χ0n) is 20.4. The molecule has 4 rings (SSSR count). The van der Waals surface area contributed by atoms with Crippen molar-refractivity contribution in [2.45, 2.75) is 19.5 Å². The van der Waals surface area contributed by atoms with Crippen molar-refractivity contribution in [2.75, 3.05) is 51.9 Å². The Kier molecular flexibility index (Phi) is 7.73. The molecule has 0 unspecified atom stereocenters. The van der Waals surface area contributed by atoms with E-state index in [-0.39, 0.29) is 17.1 Å². The maximum absolute atomic E-state index is 14.4. The van der Waals surface area contributed by atoms with E-state index in [2.05, 4.69) is 4.90 Å². The van der Waals surface area contributed by atoms with Crippen LogP contribution in [-0.4, -0.2) is 61.6 Å². The summed E-state index contributed by atoms with van der Waals surface area (Å²) >= 11 is 0. The molecule has 35 heavy (non-hydrogen) atoms. The van der Waals surface area contributed by atoms with Gasteiger partial charge in [-0.25, -0.2) is 4.39 Å².